The van der Waals surface area contributed by atoms with Gasteiger partial charge in [0.15, 0.2) is 0 Å². The van der Waals surface area contributed by atoms with Gasteiger partial charge in [0.2, 0.25) is 0 Å². The number of halogens is 1. The molecule has 0 radical (unpaired) electrons. The molecule has 3 rings (SSSR count). The Morgan fingerprint density at radius 2 is 1.93 bits per heavy atom. The Hall–Kier alpha value is -2.15. The number of non-ortho nitro benzene ring substituents is 1. The van der Waals surface area contributed by atoms with Gasteiger partial charge in [-0.2, -0.15) is 0 Å². The van der Waals surface area contributed by atoms with Crippen molar-refractivity contribution in [3.63, 3.8) is 0 Å². The zero-order chi connectivity index (χ0) is 20.8. The highest BCUT2D eigenvalue weighted by molar-refractivity contribution is 6.30. The molecule has 0 aromatic heterocycles. The maximum atomic E-state index is 11.0. The lowest BCUT2D eigenvalue weighted by atomic mass is 9.99. The van der Waals surface area contributed by atoms with Crippen LogP contribution in [0.2, 0.25) is 5.02 Å². The summed E-state index contributed by atoms with van der Waals surface area (Å²) in [5.74, 6) is 0. The van der Waals surface area contributed by atoms with E-state index in [0.29, 0.717) is 18.6 Å². The van der Waals surface area contributed by atoms with Gasteiger partial charge in [-0.15, -0.1) is 0 Å². The second kappa shape index (κ2) is 10.1. The normalized spacial score (nSPS) is 16.5. The van der Waals surface area contributed by atoms with Crippen molar-refractivity contribution in [1.82, 2.24) is 4.90 Å². The quantitative estimate of drug-likeness (QED) is 0.508. The van der Waals surface area contributed by atoms with Gasteiger partial charge in [0.25, 0.3) is 5.69 Å². The van der Waals surface area contributed by atoms with Crippen LogP contribution < -0.4 is 10.6 Å². The molecule has 2 N–H and O–H groups in total. The standard InChI is InChI=1S/C22H29ClN4O2/c1-17(9-12-24)25-13-10-21(11-14-25)26(16-18-3-2-4-19(23)15-18)20-5-7-22(8-6-20)27(28)29/h2-8,15,17,21H,9-14,16,24H2,1H3. The summed E-state index contributed by atoms with van der Waals surface area (Å²) in [6.07, 6.45) is 3.11. The first-order chi connectivity index (χ1) is 14.0. The van der Waals surface area contributed by atoms with Gasteiger partial charge in [-0.25, -0.2) is 0 Å². The van der Waals surface area contributed by atoms with Crippen molar-refractivity contribution in [2.24, 2.45) is 5.73 Å². The maximum absolute atomic E-state index is 11.0. The van der Waals surface area contributed by atoms with Gasteiger partial charge in [0.1, 0.15) is 0 Å². The monoisotopic (exact) mass is 416 g/mol. The molecule has 7 heteroatoms. The van der Waals surface area contributed by atoms with Gasteiger partial charge in [-0.1, -0.05) is 23.7 Å². The molecule has 1 fully saturated rings. The summed E-state index contributed by atoms with van der Waals surface area (Å²) < 4.78 is 0. The van der Waals surface area contributed by atoms with Crippen LogP contribution >= 0.6 is 11.6 Å². The lowest BCUT2D eigenvalue weighted by Crippen LogP contribution is -2.47. The van der Waals surface area contributed by atoms with E-state index in [0.717, 1.165) is 55.2 Å². The highest BCUT2D eigenvalue weighted by atomic mass is 35.5. The Bertz CT molecular complexity index is 807. The smallest absolute Gasteiger partial charge is 0.269 e. The molecule has 1 saturated heterocycles. The van der Waals surface area contributed by atoms with E-state index in [9.17, 15) is 10.1 Å². The van der Waals surface area contributed by atoms with Crippen molar-refractivity contribution in [3.05, 3.63) is 69.2 Å². The fraction of sp³-hybridized carbons (Fsp3) is 0.455. The van der Waals surface area contributed by atoms with Crippen LogP contribution in [-0.2, 0) is 6.54 Å². The van der Waals surface area contributed by atoms with Gasteiger partial charge in [0, 0.05) is 54.6 Å². The van der Waals surface area contributed by atoms with Gasteiger partial charge in [0.05, 0.1) is 4.92 Å². The Morgan fingerprint density at radius 1 is 1.24 bits per heavy atom. The summed E-state index contributed by atoms with van der Waals surface area (Å²) in [6.45, 7) is 5.75. The molecule has 1 aliphatic rings. The van der Waals surface area contributed by atoms with Crippen molar-refractivity contribution < 1.29 is 4.92 Å². The zero-order valence-corrected chi connectivity index (χ0v) is 17.6. The first kappa shape index (κ1) is 21.6. The number of hydrogen-bond acceptors (Lipinski definition) is 5. The Balaban J connectivity index is 1.78. The first-order valence-electron chi connectivity index (χ1n) is 10.2. The second-order valence-corrected chi connectivity index (χ2v) is 8.16. The fourth-order valence-electron chi connectivity index (χ4n) is 4.09. The minimum absolute atomic E-state index is 0.113. The minimum Gasteiger partial charge on any atom is -0.364 e. The van der Waals surface area contributed by atoms with E-state index in [-0.39, 0.29) is 10.6 Å². The molecule has 2 aromatic carbocycles. The Morgan fingerprint density at radius 3 is 2.52 bits per heavy atom. The molecule has 6 nitrogen and oxygen atoms in total. The van der Waals surface area contributed by atoms with Crippen molar-refractivity contribution in [3.8, 4) is 0 Å². The van der Waals surface area contributed by atoms with Crippen LogP contribution in [0.4, 0.5) is 11.4 Å². The molecule has 0 spiro atoms. The highest BCUT2D eigenvalue weighted by Gasteiger charge is 2.27. The summed E-state index contributed by atoms with van der Waals surface area (Å²) in [4.78, 5) is 15.5. The number of likely N-dealkylation sites (tertiary alicyclic amines) is 1. The lowest BCUT2D eigenvalue weighted by Gasteiger charge is -2.42. The van der Waals surface area contributed by atoms with Crippen molar-refractivity contribution in [2.45, 2.75) is 44.8 Å². The van der Waals surface area contributed by atoms with E-state index in [2.05, 4.69) is 22.8 Å². The maximum Gasteiger partial charge on any atom is 0.269 e. The molecule has 0 amide bonds. The van der Waals surface area contributed by atoms with Gasteiger partial charge >= 0.3 is 0 Å². The molecule has 156 valence electrons. The Kier molecular flexibility index (Phi) is 7.47. The topological polar surface area (TPSA) is 75.6 Å². The molecule has 1 aliphatic heterocycles. The molecule has 1 heterocycles. The zero-order valence-electron chi connectivity index (χ0n) is 16.8. The third-order valence-electron chi connectivity index (χ3n) is 5.78. The summed E-state index contributed by atoms with van der Waals surface area (Å²) >= 11 is 6.19. The van der Waals surface area contributed by atoms with Gasteiger partial charge in [-0.05, 0) is 62.6 Å². The molecule has 2 aromatic rings. The summed E-state index contributed by atoms with van der Waals surface area (Å²) in [6, 6.07) is 15.6. The van der Waals surface area contributed by atoms with Crippen LogP contribution in [0.25, 0.3) is 0 Å². The van der Waals surface area contributed by atoms with E-state index < -0.39 is 0 Å². The molecule has 1 unspecified atom stereocenters. The van der Waals surface area contributed by atoms with Crippen LogP contribution in [0, 0.1) is 10.1 Å². The first-order valence-corrected chi connectivity index (χ1v) is 10.6. The van der Waals surface area contributed by atoms with Crippen molar-refractivity contribution in [2.75, 3.05) is 24.5 Å². The van der Waals surface area contributed by atoms with Crippen LogP contribution in [0.5, 0.6) is 0 Å². The number of nitrogens with two attached hydrogens (primary N) is 1. The molecular formula is C22H29ClN4O2. The van der Waals surface area contributed by atoms with Crippen molar-refractivity contribution >= 4 is 23.0 Å². The number of anilines is 1. The van der Waals surface area contributed by atoms with Crippen LogP contribution in [0.1, 0.15) is 31.7 Å². The molecule has 29 heavy (non-hydrogen) atoms. The molecule has 0 aliphatic carbocycles. The van der Waals surface area contributed by atoms with E-state index in [4.69, 9.17) is 17.3 Å². The van der Waals surface area contributed by atoms with Crippen LogP contribution in [-0.4, -0.2) is 41.5 Å². The third kappa shape index (κ3) is 5.69. The molecule has 0 bridgehead atoms. The van der Waals surface area contributed by atoms with Crippen molar-refractivity contribution in [1.29, 1.82) is 0 Å². The average Bonchev–Trinajstić information content (AvgIpc) is 2.72. The minimum atomic E-state index is -0.359. The van der Waals surface area contributed by atoms with E-state index in [1.807, 2.05) is 30.3 Å². The lowest BCUT2D eigenvalue weighted by molar-refractivity contribution is -0.384. The van der Waals surface area contributed by atoms with E-state index in [1.54, 1.807) is 12.1 Å². The number of nitro benzene ring substituents is 1. The highest BCUT2D eigenvalue weighted by Crippen LogP contribution is 2.29. The third-order valence-corrected chi connectivity index (χ3v) is 6.02. The SMILES string of the molecule is CC(CCN)N1CCC(N(Cc2cccc(Cl)c2)c2ccc([N+](=O)[O-])cc2)CC1. The number of nitro groups is 1. The summed E-state index contributed by atoms with van der Waals surface area (Å²) in [5.41, 5.74) is 7.98. The summed E-state index contributed by atoms with van der Waals surface area (Å²) in [7, 11) is 0. The predicted molar refractivity (Wildman–Crippen MR) is 118 cm³/mol. The number of benzene rings is 2. The molecular weight excluding hydrogens is 388 g/mol. The van der Waals surface area contributed by atoms with Gasteiger partial charge in [-0.3, -0.25) is 10.1 Å². The largest absolute Gasteiger partial charge is 0.364 e. The molecule has 0 saturated carbocycles. The van der Waals surface area contributed by atoms with Gasteiger partial charge < -0.3 is 15.5 Å². The number of piperidine rings is 1. The average molecular weight is 417 g/mol. The van der Waals surface area contributed by atoms with Crippen LogP contribution in [0.3, 0.4) is 0 Å². The number of nitrogens with zero attached hydrogens (tertiary/aromatic N) is 3. The fourth-order valence-corrected chi connectivity index (χ4v) is 4.30. The molecule has 1 atom stereocenters. The van der Waals surface area contributed by atoms with Crippen LogP contribution in [0.15, 0.2) is 48.5 Å². The summed E-state index contributed by atoms with van der Waals surface area (Å²) in [5, 5.41) is 11.7. The Labute approximate surface area is 177 Å². The van der Waals surface area contributed by atoms with E-state index >= 15 is 0 Å². The number of rotatable bonds is 8. The second-order valence-electron chi connectivity index (χ2n) is 7.72. The van der Waals surface area contributed by atoms with E-state index in [1.165, 1.54) is 0 Å². The number of hydrogen-bond donors (Lipinski definition) is 1. The predicted octanol–water partition coefficient (Wildman–Crippen LogP) is 4.46.